The number of thiophene rings is 1. The van der Waals surface area contributed by atoms with Crippen LogP contribution in [0.1, 0.15) is 77.0 Å². The zero-order chi connectivity index (χ0) is 25.8. The van der Waals surface area contributed by atoms with Crippen molar-refractivity contribution in [3.8, 4) is 11.1 Å². The van der Waals surface area contributed by atoms with Crippen LogP contribution >= 0.6 is 11.3 Å². The van der Waals surface area contributed by atoms with Crippen molar-refractivity contribution in [3.63, 3.8) is 0 Å². The summed E-state index contributed by atoms with van der Waals surface area (Å²) in [5.74, 6) is -0.539. The minimum Gasteiger partial charge on any atom is -0.288 e. The molecule has 3 rings (SSSR count). The molecule has 3 nitrogen and oxygen atoms in total. The van der Waals surface area contributed by atoms with E-state index in [-0.39, 0.29) is 6.42 Å². The molecule has 0 saturated heterocycles. The Balaban J connectivity index is 1.55. The molecule has 3 aromatic rings. The van der Waals surface area contributed by atoms with Crippen molar-refractivity contribution in [1.82, 2.24) is 5.48 Å². The lowest BCUT2D eigenvalue weighted by Crippen LogP contribution is -2.18. The minimum atomic E-state index is -4.03. The number of amides is 1. The monoisotopic (exact) mass is 515 g/mol. The van der Waals surface area contributed by atoms with Crippen molar-refractivity contribution in [2.45, 2.75) is 64.0 Å². The maximum absolute atomic E-state index is 12.2. The van der Waals surface area contributed by atoms with Crippen molar-refractivity contribution in [3.05, 3.63) is 81.5 Å². The molecule has 0 spiro atoms. The fourth-order valence-corrected chi connectivity index (χ4v) is 5.19. The van der Waals surface area contributed by atoms with Crippen molar-refractivity contribution in [2.75, 3.05) is 0 Å². The standard InChI is InChI=1S/C29H32F3NO2S/c30-29(31,32)20-10-5-3-1-2-4-9-13-27-26(23-11-7-6-8-12-23)21-25(36-27)19-16-22-14-17-24(18-15-22)28(34)33-35/h6-8,11-12,14-19,21,35H,1-5,9-10,13,20H2,(H,33,34)/b19-16+. The largest absolute Gasteiger partial charge is 0.389 e. The summed E-state index contributed by atoms with van der Waals surface area (Å²) >= 11 is 1.77. The minimum absolute atomic E-state index is 0.234. The van der Waals surface area contributed by atoms with Gasteiger partial charge in [-0.2, -0.15) is 13.2 Å². The van der Waals surface area contributed by atoms with Gasteiger partial charge in [-0.3, -0.25) is 10.0 Å². The second-order valence-electron chi connectivity index (χ2n) is 8.84. The smallest absolute Gasteiger partial charge is 0.288 e. The first-order chi connectivity index (χ1) is 17.4. The molecule has 2 N–H and O–H groups in total. The van der Waals surface area contributed by atoms with Gasteiger partial charge in [-0.15, -0.1) is 11.3 Å². The normalized spacial score (nSPS) is 11.8. The van der Waals surface area contributed by atoms with Crippen LogP contribution in [-0.2, 0) is 6.42 Å². The fourth-order valence-electron chi connectivity index (χ4n) is 4.06. The molecule has 0 atom stereocenters. The van der Waals surface area contributed by atoms with Crippen LogP contribution in [0.5, 0.6) is 0 Å². The predicted octanol–water partition coefficient (Wildman–Crippen LogP) is 8.93. The Hall–Kier alpha value is -2.90. The predicted molar refractivity (Wildman–Crippen MR) is 141 cm³/mol. The van der Waals surface area contributed by atoms with Crippen molar-refractivity contribution >= 4 is 29.4 Å². The van der Waals surface area contributed by atoms with Crippen LogP contribution in [-0.4, -0.2) is 17.3 Å². The Labute approximate surface area is 214 Å². The van der Waals surface area contributed by atoms with Crippen molar-refractivity contribution < 1.29 is 23.2 Å². The van der Waals surface area contributed by atoms with E-state index >= 15 is 0 Å². The van der Waals surface area contributed by atoms with Gasteiger partial charge in [0.25, 0.3) is 5.91 Å². The topological polar surface area (TPSA) is 49.3 Å². The quantitative estimate of drug-likeness (QED) is 0.136. The number of rotatable bonds is 13. The molecule has 0 unspecified atom stereocenters. The zero-order valence-electron chi connectivity index (χ0n) is 20.2. The van der Waals surface area contributed by atoms with Crippen molar-refractivity contribution in [1.29, 1.82) is 0 Å². The highest BCUT2D eigenvalue weighted by Crippen LogP contribution is 2.34. The van der Waals surface area contributed by atoms with Gasteiger partial charge in [0.2, 0.25) is 0 Å². The molecular weight excluding hydrogens is 483 g/mol. The maximum Gasteiger partial charge on any atom is 0.389 e. The van der Waals surface area contributed by atoms with E-state index in [2.05, 4.69) is 24.3 Å². The molecule has 1 amide bonds. The van der Waals surface area contributed by atoms with E-state index in [9.17, 15) is 18.0 Å². The Morgan fingerprint density at radius 1 is 0.861 bits per heavy atom. The summed E-state index contributed by atoms with van der Waals surface area (Å²) < 4.78 is 36.6. The molecule has 2 aromatic carbocycles. The molecular formula is C29H32F3NO2S. The molecule has 0 fully saturated rings. The highest BCUT2D eigenvalue weighted by molar-refractivity contribution is 7.13. The average Bonchev–Trinajstić information content (AvgIpc) is 3.29. The first kappa shape index (κ1) is 27.7. The van der Waals surface area contributed by atoms with Gasteiger partial charge >= 0.3 is 6.18 Å². The van der Waals surface area contributed by atoms with Gasteiger partial charge in [-0.05, 0) is 60.2 Å². The number of carbonyl (C=O) groups excluding carboxylic acids is 1. The molecule has 36 heavy (non-hydrogen) atoms. The number of aryl methyl sites for hydroxylation is 1. The number of unbranched alkanes of at least 4 members (excludes halogenated alkanes) is 6. The van der Waals surface area contributed by atoms with Gasteiger partial charge in [0.05, 0.1) is 0 Å². The number of carbonyl (C=O) groups is 1. The molecule has 0 radical (unpaired) electrons. The lowest BCUT2D eigenvalue weighted by atomic mass is 10.0. The van der Waals surface area contributed by atoms with Crippen LogP contribution in [0.15, 0.2) is 60.7 Å². The highest BCUT2D eigenvalue weighted by atomic mass is 32.1. The first-order valence-corrected chi connectivity index (χ1v) is 13.1. The summed E-state index contributed by atoms with van der Waals surface area (Å²) in [5.41, 5.74) is 5.40. The van der Waals surface area contributed by atoms with E-state index in [1.54, 1.807) is 28.9 Å². The number of alkyl halides is 3. The lowest BCUT2D eigenvalue weighted by molar-refractivity contribution is -0.135. The number of benzene rings is 2. The summed E-state index contributed by atoms with van der Waals surface area (Å²) in [6.07, 6.45) is 6.26. The first-order valence-electron chi connectivity index (χ1n) is 12.3. The van der Waals surface area contributed by atoms with Gasteiger partial charge in [0.1, 0.15) is 0 Å². The summed E-state index contributed by atoms with van der Waals surface area (Å²) in [6.45, 7) is 0. The second-order valence-corrected chi connectivity index (χ2v) is 10.0. The molecule has 0 aliphatic carbocycles. The molecule has 0 bridgehead atoms. The Kier molecular flexibility index (Phi) is 10.8. The molecule has 192 valence electrons. The third-order valence-corrected chi connectivity index (χ3v) is 7.15. The lowest BCUT2D eigenvalue weighted by Gasteiger charge is -2.06. The maximum atomic E-state index is 12.2. The van der Waals surface area contributed by atoms with Crippen molar-refractivity contribution in [2.24, 2.45) is 0 Å². The van der Waals surface area contributed by atoms with E-state index < -0.39 is 18.5 Å². The third kappa shape index (κ3) is 9.28. The van der Waals surface area contributed by atoms with Gasteiger partial charge in [0, 0.05) is 21.7 Å². The van der Waals surface area contributed by atoms with Gasteiger partial charge in [0.15, 0.2) is 0 Å². The van der Waals surface area contributed by atoms with Gasteiger partial charge in [-0.1, -0.05) is 80.6 Å². The molecule has 0 saturated carbocycles. The number of nitrogens with one attached hydrogen (secondary N) is 1. The Bertz CT molecular complexity index is 1110. The summed E-state index contributed by atoms with van der Waals surface area (Å²) in [4.78, 5) is 14.0. The van der Waals surface area contributed by atoms with Crippen LogP contribution in [0.25, 0.3) is 23.3 Å². The molecule has 0 aliphatic heterocycles. The highest BCUT2D eigenvalue weighted by Gasteiger charge is 2.25. The van der Waals surface area contributed by atoms with E-state index in [0.717, 1.165) is 49.0 Å². The summed E-state index contributed by atoms with van der Waals surface area (Å²) in [6, 6.07) is 19.5. The third-order valence-electron chi connectivity index (χ3n) is 5.99. The summed E-state index contributed by atoms with van der Waals surface area (Å²) in [7, 11) is 0. The van der Waals surface area contributed by atoms with Gasteiger partial charge < -0.3 is 0 Å². The van der Waals surface area contributed by atoms with Crippen LogP contribution in [0, 0.1) is 0 Å². The number of hydrogen-bond donors (Lipinski definition) is 2. The van der Waals surface area contributed by atoms with Crippen LogP contribution in [0.4, 0.5) is 13.2 Å². The van der Waals surface area contributed by atoms with E-state index in [4.69, 9.17) is 5.21 Å². The van der Waals surface area contributed by atoms with Crippen LogP contribution in [0.2, 0.25) is 0 Å². The number of hydroxylamine groups is 1. The summed E-state index contributed by atoms with van der Waals surface area (Å²) in [5, 5.41) is 8.75. The van der Waals surface area contributed by atoms with E-state index in [0.29, 0.717) is 12.0 Å². The fraction of sp³-hybridized carbons (Fsp3) is 0.345. The second kappa shape index (κ2) is 14.0. The van der Waals surface area contributed by atoms with Crippen LogP contribution < -0.4 is 5.48 Å². The number of halogens is 3. The SMILES string of the molecule is O=C(NO)c1ccc(/C=C/c2cc(-c3ccccc3)c(CCCCCCCCCC(F)(F)F)s2)cc1. The average molecular weight is 516 g/mol. The van der Waals surface area contributed by atoms with Gasteiger partial charge in [-0.25, -0.2) is 5.48 Å². The zero-order valence-corrected chi connectivity index (χ0v) is 21.0. The van der Waals surface area contributed by atoms with E-state index in [1.807, 2.05) is 36.4 Å². The number of hydrogen-bond acceptors (Lipinski definition) is 3. The van der Waals surface area contributed by atoms with E-state index in [1.165, 1.54) is 16.0 Å². The molecule has 0 aliphatic rings. The van der Waals surface area contributed by atoms with Crippen LogP contribution in [0.3, 0.4) is 0 Å². The molecule has 7 heteroatoms. The Morgan fingerprint density at radius 2 is 1.50 bits per heavy atom. The molecule has 1 heterocycles. The molecule has 1 aromatic heterocycles. The Morgan fingerprint density at radius 3 is 2.14 bits per heavy atom.